The van der Waals surface area contributed by atoms with Crippen molar-refractivity contribution >= 4 is 34.8 Å². The van der Waals surface area contributed by atoms with E-state index in [4.69, 9.17) is 34.9 Å². The Morgan fingerprint density at radius 2 is 0.719 bits per heavy atom. The van der Waals surface area contributed by atoms with E-state index in [1.165, 1.54) is 15.6 Å². The molecule has 7 aromatic heterocycles. The third kappa shape index (κ3) is 6.17. The number of benzene rings is 4. The van der Waals surface area contributed by atoms with Gasteiger partial charge in [-0.25, -0.2) is 34.9 Å². The molecule has 0 saturated heterocycles. The van der Waals surface area contributed by atoms with Crippen LogP contribution in [0.5, 0.6) is 0 Å². The van der Waals surface area contributed by atoms with Gasteiger partial charge >= 0.3 is 0 Å². The third-order valence-corrected chi connectivity index (χ3v) is 16.2. The van der Waals surface area contributed by atoms with Gasteiger partial charge in [-0.3, -0.25) is 19.9 Å². The minimum absolute atomic E-state index is 0.532. The van der Waals surface area contributed by atoms with Gasteiger partial charge in [0.05, 0.1) is 11.0 Å². The van der Waals surface area contributed by atoms with Crippen molar-refractivity contribution in [1.29, 1.82) is 0 Å². The molecule has 8 heterocycles. The fraction of sp³-hybridized carbons (Fsp3) is 0. The van der Waals surface area contributed by atoms with Gasteiger partial charge < -0.3 is 4.23 Å². The zero-order valence-corrected chi connectivity index (χ0v) is 34.8. The quantitative estimate of drug-likeness (QED) is 0.140. The molecule has 0 atom stereocenters. The molecular formula is C51H32N12Si. The summed E-state index contributed by atoms with van der Waals surface area (Å²) in [7, 11) is -3.13. The number of hydrogen-bond donors (Lipinski definition) is 0. The topological polar surface area (TPSA) is 147 Å². The summed E-state index contributed by atoms with van der Waals surface area (Å²) in [5.74, 6) is 4.18. The molecule has 0 fully saturated rings. The van der Waals surface area contributed by atoms with Crippen molar-refractivity contribution in [1.82, 2.24) is 59.1 Å². The minimum Gasteiger partial charge on any atom is -0.339 e. The van der Waals surface area contributed by atoms with Crippen LogP contribution in [0, 0.1) is 0 Å². The van der Waals surface area contributed by atoms with Crippen LogP contribution in [0.15, 0.2) is 195 Å². The maximum atomic E-state index is 5.29. The van der Waals surface area contributed by atoms with Crippen LogP contribution in [0.3, 0.4) is 0 Å². The molecular weight excluding hydrogens is 809 g/mol. The van der Waals surface area contributed by atoms with Crippen molar-refractivity contribution in [2.45, 2.75) is 0 Å². The lowest BCUT2D eigenvalue weighted by Crippen LogP contribution is -2.70. The summed E-state index contributed by atoms with van der Waals surface area (Å²) >= 11 is 0. The van der Waals surface area contributed by atoms with E-state index in [0.29, 0.717) is 34.9 Å². The van der Waals surface area contributed by atoms with Gasteiger partial charge in [0.15, 0.2) is 34.9 Å². The molecule has 64 heavy (non-hydrogen) atoms. The van der Waals surface area contributed by atoms with E-state index in [-0.39, 0.29) is 0 Å². The first-order valence-electron chi connectivity index (χ1n) is 20.6. The molecule has 1 aliphatic heterocycles. The van der Waals surface area contributed by atoms with Gasteiger partial charge in [-0.1, -0.05) is 84.9 Å². The number of hydrogen-bond acceptors (Lipinski definition) is 11. The Hall–Kier alpha value is -8.81. The lowest BCUT2D eigenvalue weighted by atomic mass is 10.2. The summed E-state index contributed by atoms with van der Waals surface area (Å²) in [5, 5.41) is 3.59. The molecule has 0 spiro atoms. The molecule has 0 aliphatic carbocycles. The standard InChI is InChI=1S/C51H32N12Si/c1-4-16-44-41(13-1)51-56-42-14-2-3-15-43(42)63(51)64(44,39-21-17-33(18-22-39)45-57-47(35-9-5-25-52-29-35)61-48(58-45)36-10-6-26-53-30-36)40-23-19-34(20-24-40)46-59-49(37-11-7-27-54-31-37)62-50(60-46)38-12-8-28-55-32-38/h1-32H. The van der Waals surface area contributed by atoms with Crippen LogP contribution in [0.2, 0.25) is 0 Å². The maximum absolute atomic E-state index is 5.29. The molecule has 0 radical (unpaired) electrons. The van der Waals surface area contributed by atoms with E-state index < -0.39 is 8.24 Å². The van der Waals surface area contributed by atoms with Crippen LogP contribution in [0.1, 0.15) is 0 Å². The number of pyridine rings is 4. The van der Waals surface area contributed by atoms with Crippen molar-refractivity contribution in [3.63, 3.8) is 0 Å². The van der Waals surface area contributed by atoms with E-state index >= 15 is 0 Å². The molecule has 0 amide bonds. The molecule has 11 aromatic rings. The van der Waals surface area contributed by atoms with Gasteiger partial charge in [0.25, 0.3) is 8.24 Å². The molecule has 0 unspecified atom stereocenters. The Kier molecular flexibility index (Phi) is 8.83. The molecule has 4 aromatic carbocycles. The summed E-state index contributed by atoms with van der Waals surface area (Å²) in [4.78, 5) is 52.3. The number of rotatable bonds is 8. The van der Waals surface area contributed by atoms with Crippen molar-refractivity contribution in [2.24, 2.45) is 0 Å². The fourth-order valence-corrected chi connectivity index (χ4v) is 13.6. The van der Waals surface area contributed by atoms with E-state index in [1.54, 1.807) is 49.6 Å². The zero-order valence-electron chi connectivity index (χ0n) is 33.8. The summed E-state index contributed by atoms with van der Waals surface area (Å²) in [6.45, 7) is 0. The van der Waals surface area contributed by atoms with Crippen LogP contribution in [-0.4, -0.2) is 67.3 Å². The first-order chi connectivity index (χ1) is 31.7. The highest BCUT2D eigenvalue weighted by Crippen LogP contribution is 2.35. The van der Waals surface area contributed by atoms with Crippen LogP contribution in [0.25, 0.3) is 90.7 Å². The second kappa shape index (κ2) is 15.3. The van der Waals surface area contributed by atoms with Crippen molar-refractivity contribution in [2.75, 3.05) is 0 Å². The lowest BCUT2D eigenvalue weighted by Gasteiger charge is -2.32. The van der Waals surface area contributed by atoms with Gasteiger partial charge in [0.1, 0.15) is 5.82 Å². The van der Waals surface area contributed by atoms with Gasteiger partial charge in [0, 0.05) is 88.5 Å². The predicted octanol–water partition coefficient (Wildman–Crippen LogP) is 7.48. The highest BCUT2D eigenvalue weighted by atomic mass is 28.3. The number of imidazole rings is 1. The Morgan fingerprint density at radius 1 is 0.328 bits per heavy atom. The predicted molar refractivity (Wildman–Crippen MR) is 249 cm³/mol. The number of aromatic nitrogens is 12. The smallest absolute Gasteiger partial charge is 0.259 e. The summed E-state index contributed by atoms with van der Waals surface area (Å²) in [6, 6.07) is 49.9. The Balaban J connectivity index is 1.03. The van der Waals surface area contributed by atoms with E-state index in [2.05, 4.69) is 115 Å². The second-order valence-corrected chi connectivity index (χ2v) is 18.8. The maximum Gasteiger partial charge on any atom is 0.259 e. The highest BCUT2D eigenvalue weighted by Gasteiger charge is 2.51. The summed E-state index contributed by atoms with van der Waals surface area (Å²) < 4.78 is 2.52. The van der Waals surface area contributed by atoms with Crippen molar-refractivity contribution in [3.05, 3.63) is 195 Å². The first kappa shape index (κ1) is 37.0. The monoisotopic (exact) mass is 840 g/mol. The fourth-order valence-electron chi connectivity index (χ4n) is 8.62. The Labute approximate surface area is 367 Å². The molecule has 300 valence electrons. The normalized spacial score (nSPS) is 12.5. The molecule has 13 heteroatoms. The number of para-hydroxylation sites is 2. The van der Waals surface area contributed by atoms with Crippen LogP contribution in [0.4, 0.5) is 0 Å². The van der Waals surface area contributed by atoms with Crippen LogP contribution >= 0.6 is 0 Å². The van der Waals surface area contributed by atoms with E-state index in [9.17, 15) is 0 Å². The van der Waals surface area contributed by atoms with Crippen LogP contribution in [-0.2, 0) is 0 Å². The highest BCUT2D eigenvalue weighted by molar-refractivity contribution is 7.12. The van der Waals surface area contributed by atoms with Gasteiger partial charge in [-0.05, 0) is 76.2 Å². The van der Waals surface area contributed by atoms with Crippen molar-refractivity contribution in [3.8, 4) is 79.7 Å². The molecule has 12 nitrogen and oxygen atoms in total. The number of nitrogens with zero attached hydrogens (tertiary/aromatic N) is 12. The molecule has 12 rings (SSSR count). The van der Waals surface area contributed by atoms with E-state index in [1.807, 2.05) is 54.6 Å². The average molecular weight is 841 g/mol. The first-order valence-corrected chi connectivity index (χ1v) is 22.6. The minimum atomic E-state index is -3.13. The Bertz CT molecular complexity index is 3200. The molecule has 0 bridgehead atoms. The van der Waals surface area contributed by atoms with Crippen molar-refractivity contribution < 1.29 is 0 Å². The van der Waals surface area contributed by atoms with Gasteiger partial charge in [-0.2, -0.15) is 0 Å². The summed E-state index contributed by atoms with van der Waals surface area (Å²) in [5.41, 5.74) is 8.03. The largest absolute Gasteiger partial charge is 0.339 e. The average Bonchev–Trinajstić information content (AvgIpc) is 3.91. The van der Waals surface area contributed by atoms with Gasteiger partial charge in [-0.15, -0.1) is 0 Å². The zero-order chi connectivity index (χ0) is 42.5. The SMILES string of the molecule is c1cncc(-c2nc(-c3ccc([Si]4(c5ccc(-c6nc(-c7cccnc7)nc(-c7cccnc7)n6)cc5)c5ccccc5-c5nc6ccccc6n54)cc3)nc(-c3cccnc3)n2)c1. The van der Waals surface area contributed by atoms with Crippen LogP contribution < -0.4 is 15.6 Å². The number of fused-ring (bicyclic) bond motifs is 5. The molecule has 0 N–H and O–H groups in total. The summed E-state index contributed by atoms with van der Waals surface area (Å²) in [6.07, 6.45) is 14.0. The Morgan fingerprint density at radius 3 is 1.14 bits per heavy atom. The molecule has 0 saturated carbocycles. The van der Waals surface area contributed by atoms with Gasteiger partial charge in [0.2, 0.25) is 0 Å². The second-order valence-electron chi connectivity index (χ2n) is 15.2. The third-order valence-electron chi connectivity index (χ3n) is 11.5. The lowest BCUT2D eigenvalue weighted by molar-refractivity contribution is 1.07. The molecule has 1 aliphatic rings. The van der Waals surface area contributed by atoms with E-state index in [0.717, 1.165) is 55.8 Å².